The van der Waals surface area contributed by atoms with Crippen LogP contribution in [0, 0.1) is 0 Å². The van der Waals surface area contributed by atoms with E-state index >= 15 is 0 Å². The molecule has 1 aromatic heterocycles. The number of nitrogens with zero attached hydrogens (tertiary/aromatic N) is 1. The van der Waals surface area contributed by atoms with Crippen molar-refractivity contribution < 1.29 is 32.7 Å². The molecule has 0 fully saturated rings. The normalized spacial score (nSPS) is 8.12. The van der Waals surface area contributed by atoms with E-state index in [1.807, 2.05) is 0 Å². The fourth-order valence-corrected chi connectivity index (χ4v) is 0.521. The van der Waals surface area contributed by atoms with Gasteiger partial charge in [0.25, 0.3) is 0 Å². The first-order valence-corrected chi connectivity index (χ1v) is 2.56. The molecule has 0 aliphatic rings. The van der Waals surface area contributed by atoms with Gasteiger partial charge in [0.1, 0.15) is 0 Å². The zero-order chi connectivity index (χ0) is 5.11. The van der Waals surface area contributed by atoms with Crippen LogP contribution in [0.1, 0.15) is 5.69 Å². The maximum atomic E-state index is 4.70. The Bertz CT molecular complexity index is 129. The van der Waals surface area contributed by atoms with E-state index in [9.17, 15) is 0 Å². The van der Waals surface area contributed by atoms with Gasteiger partial charge in [-0.05, 0) is 0 Å². The van der Waals surface area contributed by atoms with E-state index in [0.29, 0.717) is 5.75 Å². The Morgan fingerprint density at radius 1 is 1.75 bits per heavy atom. The molecule has 38 valence electrons. The molecular formula is C4H5N2SY+2. The Kier molecular flexibility index (Phi) is 4.91. The smallest absolute Gasteiger partial charge is 0.787 e. The Balaban J connectivity index is 0.000000490. The van der Waals surface area contributed by atoms with Gasteiger partial charge >= 0.3 is 32.7 Å². The van der Waals surface area contributed by atoms with Crippen LogP contribution in [0.25, 0.3) is 0 Å². The van der Waals surface area contributed by atoms with Gasteiger partial charge in [-0.3, -0.25) is 0 Å². The van der Waals surface area contributed by atoms with Gasteiger partial charge in [0.05, 0.1) is 6.33 Å². The van der Waals surface area contributed by atoms with Crippen molar-refractivity contribution in [2.75, 3.05) is 0 Å². The van der Waals surface area contributed by atoms with E-state index in [-0.39, 0.29) is 32.7 Å². The molecule has 1 N–H and O–H groups in total. The molecule has 0 unspecified atom stereocenters. The zero-order valence-corrected chi connectivity index (χ0v) is 7.95. The van der Waals surface area contributed by atoms with Gasteiger partial charge in [-0.1, -0.05) is 0 Å². The van der Waals surface area contributed by atoms with Gasteiger partial charge in [-0.2, -0.15) is 0 Å². The molecule has 2 nitrogen and oxygen atoms in total. The molecule has 4 heteroatoms. The molecule has 0 saturated heterocycles. The van der Waals surface area contributed by atoms with Gasteiger partial charge in [-0.15, -0.1) is 5.75 Å². The van der Waals surface area contributed by atoms with E-state index in [1.54, 1.807) is 12.5 Å². The predicted octanol–water partition coefficient (Wildman–Crippen LogP) is 0.454. The summed E-state index contributed by atoms with van der Waals surface area (Å²) in [7, 11) is 0. The van der Waals surface area contributed by atoms with E-state index in [2.05, 4.69) is 9.97 Å². The maximum absolute atomic E-state index is 4.70. The van der Waals surface area contributed by atoms with E-state index < -0.39 is 0 Å². The van der Waals surface area contributed by atoms with Gasteiger partial charge in [-0.25, -0.2) is 4.98 Å². The molecule has 1 aromatic rings. The zero-order valence-electron chi connectivity index (χ0n) is 4.29. The Morgan fingerprint density at radius 2 is 2.50 bits per heavy atom. The third-order valence-electron chi connectivity index (χ3n) is 0.710. The molecule has 8 heavy (non-hydrogen) atoms. The van der Waals surface area contributed by atoms with Crippen molar-refractivity contribution in [3.63, 3.8) is 0 Å². The quantitative estimate of drug-likeness (QED) is 0.670. The minimum absolute atomic E-state index is 0. The van der Waals surface area contributed by atoms with E-state index in [4.69, 9.17) is 12.6 Å². The van der Waals surface area contributed by atoms with Crippen LogP contribution in [-0.4, -0.2) is 9.97 Å². The molecule has 0 amide bonds. The van der Waals surface area contributed by atoms with Crippen LogP contribution in [0.4, 0.5) is 0 Å². The number of aromatic amines is 1. The van der Waals surface area contributed by atoms with Crippen molar-refractivity contribution in [3.05, 3.63) is 18.2 Å². The molecule has 0 aromatic carbocycles. The summed E-state index contributed by atoms with van der Waals surface area (Å²) in [5.74, 6) is 0.625. The maximum Gasteiger partial charge on any atom is 3.00 e. The molecule has 0 spiro atoms. The van der Waals surface area contributed by atoms with Gasteiger partial charge in [0.2, 0.25) is 0 Å². The molecule has 1 rings (SSSR count). The molecule has 0 saturated carbocycles. The summed E-state index contributed by atoms with van der Waals surface area (Å²) in [6.45, 7) is 0. The average molecular weight is 202 g/mol. The summed E-state index contributed by atoms with van der Waals surface area (Å²) in [5, 5.41) is 0. The molecule has 0 atom stereocenters. The first-order chi connectivity index (χ1) is 3.43. The fourth-order valence-electron chi connectivity index (χ4n) is 0.364. The Morgan fingerprint density at radius 3 is 2.75 bits per heavy atom. The third kappa shape index (κ3) is 2.29. The predicted molar refractivity (Wildman–Crippen MR) is 29.7 cm³/mol. The van der Waals surface area contributed by atoms with Crippen LogP contribution in [0.15, 0.2) is 12.5 Å². The van der Waals surface area contributed by atoms with Crippen molar-refractivity contribution in [1.29, 1.82) is 0 Å². The number of hydrogen-bond donors (Lipinski definition) is 1. The number of aromatic nitrogens is 2. The topological polar surface area (TPSA) is 28.7 Å². The summed E-state index contributed by atoms with van der Waals surface area (Å²) in [5.41, 5.74) is 1.01. The average Bonchev–Trinajstić information content (AvgIpc) is 2.14. The van der Waals surface area contributed by atoms with Crippen LogP contribution in [0.5, 0.6) is 0 Å². The number of imidazole rings is 1. The van der Waals surface area contributed by atoms with Crippen LogP contribution in [0.2, 0.25) is 0 Å². The SMILES string of the molecule is [S-]Cc1cnc[nH]1.[Y+3]. The van der Waals surface area contributed by atoms with Crippen molar-refractivity contribution in [1.82, 2.24) is 9.97 Å². The molecule has 0 aliphatic heterocycles. The van der Waals surface area contributed by atoms with Gasteiger partial charge in [0.15, 0.2) is 0 Å². The Hall–Kier alpha value is 0.664. The summed E-state index contributed by atoms with van der Waals surface area (Å²) in [6, 6.07) is 0. The number of rotatable bonds is 1. The fraction of sp³-hybridized carbons (Fsp3) is 0.250. The molecular weight excluding hydrogens is 197 g/mol. The Labute approximate surface area is 78.8 Å². The number of nitrogens with one attached hydrogen (secondary N) is 1. The van der Waals surface area contributed by atoms with Gasteiger partial charge in [0, 0.05) is 11.9 Å². The third-order valence-corrected chi connectivity index (χ3v) is 1.02. The van der Waals surface area contributed by atoms with E-state index in [0.717, 1.165) is 5.69 Å². The second-order valence-corrected chi connectivity index (χ2v) is 1.51. The molecule has 1 heterocycles. The number of hydrogen-bond acceptors (Lipinski definition) is 2. The summed E-state index contributed by atoms with van der Waals surface area (Å²) in [6.07, 6.45) is 3.36. The summed E-state index contributed by atoms with van der Waals surface area (Å²) < 4.78 is 0. The second kappa shape index (κ2) is 4.53. The van der Waals surface area contributed by atoms with Crippen LogP contribution in [0.3, 0.4) is 0 Å². The van der Waals surface area contributed by atoms with Crippen LogP contribution in [-0.2, 0) is 51.1 Å². The standard InChI is InChI=1S/C4H6N2S.Y/c7-2-4-1-5-3-6-4;/h1,3,7H,2H2,(H,5,6);/q;+3/p-1. The molecule has 0 radical (unpaired) electrons. The largest absolute Gasteiger partial charge is 3.00 e. The first kappa shape index (κ1) is 8.66. The summed E-state index contributed by atoms with van der Waals surface area (Å²) >= 11 is 4.70. The van der Waals surface area contributed by atoms with Gasteiger partial charge < -0.3 is 17.6 Å². The van der Waals surface area contributed by atoms with Crippen LogP contribution >= 0.6 is 0 Å². The van der Waals surface area contributed by atoms with Crippen molar-refractivity contribution >= 4 is 12.6 Å². The summed E-state index contributed by atoms with van der Waals surface area (Å²) in [4.78, 5) is 6.64. The minimum Gasteiger partial charge on any atom is -0.787 e. The monoisotopic (exact) mass is 202 g/mol. The minimum atomic E-state index is 0. The second-order valence-electron chi connectivity index (χ2n) is 1.22. The van der Waals surface area contributed by atoms with E-state index in [1.165, 1.54) is 0 Å². The van der Waals surface area contributed by atoms with Crippen molar-refractivity contribution in [3.8, 4) is 0 Å². The molecule has 0 bridgehead atoms. The number of H-pyrrole nitrogens is 1. The van der Waals surface area contributed by atoms with Crippen molar-refractivity contribution in [2.45, 2.75) is 5.75 Å². The molecule has 0 aliphatic carbocycles. The van der Waals surface area contributed by atoms with Crippen molar-refractivity contribution in [2.24, 2.45) is 0 Å². The van der Waals surface area contributed by atoms with Crippen LogP contribution < -0.4 is 0 Å². The first-order valence-electron chi connectivity index (χ1n) is 1.99.